The van der Waals surface area contributed by atoms with Gasteiger partial charge in [0.05, 0.1) is 12.0 Å². The second kappa shape index (κ2) is 13.4. The molecule has 0 spiro atoms. The fraction of sp³-hybridized carbons (Fsp3) is 0.0882. The summed E-state index contributed by atoms with van der Waals surface area (Å²) in [5.41, 5.74) is 4.97. The van der Waals surface area contributed by atoms with E-state index in [0.29, 0.717) is 17.5 Å². The highest BCUT2D eigenvalue weighted by Gasteiger charge is 2.15. The van der Waals surface area contributed by atoms with Crippen LogP contribution in [0.25, 0.3) is 26.6 Å². The molecule has 0 saturated heterocycles. The number of hydrogen-bond acceptors (Lipinski definition) is 5. The van der Waals surface area contributed by atoms with Crippen LogP contribution in [0.1, 0.15) is 29.3 Å². The first-order valence-corrected chi connectivity index (χ1v) is 14.2. The van der Waals surface area contributed by atoms with Crippen LogP contribution in [0.5, 0.6) is 5.75 Å². The molecule has 0 aliphatic heterocycles. The fourth-order valence-corrected chi connectivity index (χ4v) is 5.21. The maximum atomic E-state index is 13.5. The second-order valence-corrected chi connectivity index (χ2v) is 10.3. The summed E-state index contributed by atoms with van der Waals surface area (Å²) < 4.78 is 6.71. The summed E-state index contributed by atoms with van der Waals surface area (Å²) in [7, 11) is 0. The van der Waals surface area contributed by atoms with E-state index in [-0.39, 0.29) is 5.70 Å². The Hall–Kier alpha value is -5.01. The normalized spacial score (nSPS) is 11.7. The maximum absolute atomic E-state index is 13.5. The predicted molar refractivity (Wildman–Crippen MR) is 165 cm³/mol. The molecule has 1 heterocycles. The Bertz CT molecular complexity index is 1750. The molecule has 4 aromatic carbocycles. The van der Waals surface area contributed by atoms with E-state index in [4.69, 9.17) is 4.74 Å². The molecule has 0 aliphatic carbocycles. The zero-order valence-electron chi connectivity index (χ0n) is 22.5. The van der Waals surface area contributed by atoms with Gasteiger partial charge in [0, 0.05) is 20.5 Å². The molecule has 0 atom stereocenters. The number of nitrogens with one attached hydrogen (secondary N) is 2. The summed E-state index contributed by atoms with van der Waals surface area (Å²) in [6.07, 6.45) is 2.53. The number of fused-ring (bicyclic) bond motifs is 1. The highest BCUT2D eigenvalue weighted by Crippen LogP contribution is 2.27. The molecule has 2 amide bonds. The fourth-order valence-electron chi connectivity index (χ4n) is 4.11. The first kappa shape index (κ1) is 27.6. The zero-order chi connectivity index (χ0) is 28.4. The van der Waals surface area contributed by atoms with Crippen molar-refractivity contribution < 1.29 is 14.3 Å². The van der Waals surface area contributed by atoms with E-state index in [1.807, 2.05) is 97.9 Å². The van der Waals surface area contributed by atoms with E-state index in [2.05, 4.69) is 15.8 Å². The molecule has 41 heavy (non-hydrogen) atoms. The molecule has 2 N–H and O–H groups in total. The number of carbonyl (C=O) groups is 2. The molecule has 0 saturated carbocycles. The van der Waals surface area contributed by atoms with Crippen LogP contribution in [-0.4, -0.2) is 18.4 Å². The number of hydrogen-bond donors (Lipinski definition) is 2. The maximum Gasteiger partial charge on any atom is 0.287 e. The van der Waals surface area contributed by atoms with Crippen molar-refractivity contribution in [2.24, 2.45) is 5.10 Å². The third-order valence-corrected chi connectivity index (χ3v) is 7.33. The molecule has 7 heteroatoms. The summed E-state index contributed by atoms with van der Waals surface area (Å²) in [6.45, 7) is 2.67. The molecule has 6 nitrogen and oxygen atoms in total. The van der Waals surface area contributed by atoms with Gasteiger partial charge < -0.3 is 10.1 Å². The van der Waals surface area contributed by atoms with E-state index in [9.17, 15) is 9.59 Å². The largest absolute Gasteiger partial charge is 0.494 e. The Morgan fingerprint density at radius 1 is 0.854 bits per heavy atom. The predicted octanol–water partition coefficient (Wildman–Crippen LogP) is 6.76. The average molecular weight is 560 g/mol. The molecular weight excluding hydrogens is 530 g/mol. The number of benzene rings is 4. The molecule has 5 aromatic rings. The monoisotopic (exact) mass is 559 g/mol. The third kappa shape index (κ3) is 7.15. The van der Waals surface area contributed by atoms with Crippen molar-refractivity contribution in [3.63, 3.8) is 0 Å². The molecule has 0 unspecified atom stereocenters. The van der Waals surface area contributed by atoms with Crippen molar-refractivity contribution in [2.45, 2.75) is 13.3 Å². The molecule has 204 valence electrons. The van der Waals surface area contributed by atoms with Crippen molar-refractivity contribution >= 4 is 39.3 Å². The van der Waals surface area contributed by atoms with E-state index in [1.165, 1.54) is 0 Å². The smallest absolute Gasteiger partial charge is 0.287 e. The molecular formula is C34H29N3O3S. The standard InChI is InChI=1S/C34H29N3O3S/c1-2-21-40-27-19-17-24(18-20-27)22-30(35-33(38)26-13-7-4-8-14-26)34(39)37-36-29-23-32(25-11-5-3-6-12-25)41-31-16-10-9-15-28(29)31/h3-20,22-23H,2,21H2,1H3,(H,35,38)(H,37,39)/b30-22-,36-29+. The third-order valence-electron chi connectivity index (χ3n) is 6.18. The van der Waals surface area contributed by atoms with Crippen LogP contribution >= 0.6 is 11.3 Å². The molecule has 0 bridgehead atoms. The lowest BCUT2D eigenvalue weighted by Crippen LogP contribution is -2.33. The minimum absolute atomic E-state index is 0.0659. The summed E-state index contributed by atoms with van der Waals surface area (Å²) in [5.74, 6) is -0.198. The van der Waals surface area contributed by atoms with Crippen LogP contribution in [0.4, 0.5) is 0 Å². The van der Waals surface area contributed by atoms with Crippen molar-refractivity contribution in [3.05, 3.63) is 137 Å². The van der Waals surface area contributed by atoms with Gasteiger partial charge in [0.1, 0.15) is 11.4 Å². The van der Waals surface area contributed by atoms with E-state index >= 15 is 0 Å². The lowest BCUT2D eigenvalue weighted by Gasteiger charge is -2.10. The molecule has 1 aromatic heterocycles. The van der Waals surface area contributed by atoms with E-state index < -0.39 is 11.8 Å². The number of rotatable bonds is 9. The molecule has 0 aliphatic rings. The molecule has 0 fully saturated rings. The topological polar surface area (TPSA) is 79.8 Å². The Balaban J connectivity index is 1.48. The highest BCUT2D eigenvalue weighted by molar-refractivity contribution is 7.21. The lowest BCUT2D eigenvalue weighted by molar-refractivity contribution is -0.117. The van der Waals surface area contributed by atoms with Gasteiger partial charge in [-0.2, -0.15) is 5.10 Å². The van der Waals surface area contributed by atoms with Gasteiger partial charge in [-0.25, -0.2) is 5.43 Å². The van der Waals surface area contributed by atoms with Gasteiger partial charge >= 0.3 is 0 Å². The average Bonchev–Trinajstić information content (AvgIpc) is 3.03. The first-order valence-electron chi connectivity index (χ1n) is 13.3. The van der Waals surface area contributed by atoms with Crippen LogP contribution < -0.4 is 20.8 Å². The number of nitrogens with zero attached hydrogens (tertiary/aromatic N) is 1. The van der Waals surface area contributed by atoms with Gasteiger partial charge in [-0.05, 0) is 60.0 Å². The number of amides is 2. The first-order chi connectivity index (χ1) is 20.1. The van der Waals surface area contributed by atoms with Gasteiger partial charge in [-0.15, -0.1) is 11.3 Å². The Morgan fingerprint density at radius 3 is 2.27 bits per heavy atom. The quantitative estimate of drug-likeness (QED) is 0.155. The van der Waals surface area contributed by atoms with Crippen LogP contribution in [0.2, 0.25) is 0 Å². The Morgan fingerprint density at radius 2 is 1.54 bits per heavy atom. The lowest BCUT2D eigenvalue weighted by atomic mass is 10.1. The summed E-state index contributed by atoms with van der Waals surface area (Å²) >= 11 is 1.66. The summed E-state index contributed by atoms with van der Waals surface area (Å²) in [6, 6.07) is 36.0. The summed E-state index contributed by atoms with van der Waals surface area (Å²) in [5, 5.41) is 8.81. The van der Waals surface area contributed by atoms with Crippen molar-refractivity contribution in [1.82, 2.24) is 10.7 Å². The van der Waals surface area contributed by atoms with Gasteiger partial charge in [0.2, 0.25) is 0 Å². The highest BCUT2D eigenvalue weighted by atomic mass is 32.1. The van der Waals surface area contributed by atoms with Crippen LogP contribution in [-0.2, 0) is 4.79 Å². The number of ether oxygens (including phenoxy) is 1. The van der Waals surface area contributed by atoms with Gasteiger partial charge in [-0.3, -0.25) is 9.59 Å². The minimum atomic E-state index is -0.543. The molecule has 0 radical (unpaired) electrons. The zero-order valence-corrected chi connectivity index (χ0v) is 23.4. The van der Waals surface area contributed by atoms with Crippen LogP contribution in [0.3, 0.4) is 0 Å². The van der Waals surface area contributed by atoms with Gasteiger partial charge in [0.25, 0.3) is 11.8 Å². The summed E-state index contributed by atoms with van der Waals surface area (Å²) in [4.78, 5) is 27.5. The molecule has 5 rings (SSSR count). The number of carbonyl (C=O) groups excluding carboxylic acids is 2. The Labute approximate surface area is 242 Å². The second-order valence-electron chi connectivity index (χ2n) is 9.21. The van der Waals surface area contributed by atoms with Crippen LogP contribution in [0.15, 0.2) is 126 Å². The van der Waals surface area contributed by atoms with Crippen LogP contribution in [0, 0.1) is 0 Å². The van der Waals surface area contributed by atoms with E-state index in [1.54, 1.807) is 41.7 Å². The van der Waals surface area contributed by atoms with Crippen molar-refractivity contribution in [1.29, 1.82) is 0 Å². The van der Waals surface area contributed by atoms with Crippen molar-refractivity contribution in [3.8, 4) is 16.2 Å². The van der Waals surface area contributed by atoms with Gasteiger partial charge in [0.15, 0.2) is 0 Å². The minimum Gasteiger partial charge on any atom is -0.494 e. The Kier molecular flexibility index (Phi) is 8.98. The van der Waals surface area contributed by atoms with Gasteiger partial charge in [-0.1, -0.05) is 85.8 Å². The van der Waals surface area contributed by atoms with E-state index in [0.717, 1.165) is 38.3 Å². The van der Waals surface area contributed by atoms with Crippen molar-refractivity contribution in [2.75, 3.05) is 6.61 Å². The SMILES string of the molecule is CCCOc1ccc(/C=C(\NC(=O)c2ccccc2)C(=O)N/N=c2\cc(-c3ccccc3)sc3ccccc23)cc1.